The fourth-order valence-corrected chi connectivity index (χ4v) is 2.10. The van der Waals surface area contributed by atoms with Crippen LogP contribution in [-0.2, 0) is 4.79 Å². The first-order valence-corrected chi connectivity index (χ1v) is 7.98. The lowest BCUT2D eigenvalue weighted by molar-refractivity contribution is -0.123. The molecular weight excluding hydrogens is 374 g/mol. The van der Waals surface area contributed by atoms with Crippen molar-refractivity contribution in [1.82, 2.24) is 16.2 Å². The molecule has 0 saturated heterocycles. The zero-order chi connectivity index (χ0) is 17.5. The third kappa shape index (κ3) is 4.92. The van der Waals surface area contributed by atoms with Crippen LogP contribution in [0.15, 0.2) is 59.1 Å². The molecule has 7 heteroatoms. The number of benzene rings is 2. The molecule has 24 heavy (non-hydrogen) atoms. The Hall–Kier alpha value is -2.67. The van der Waals surface area contributed by atoms with E-state index < -0.39 is 17.9 Å². The molecule has 1 unspecified atom stereocenters. The van der Waals surface area contributed by atoms with Crippen LogP contribution in [0.3, 0.4) is 0 Å². The summed E-state index contributed by atoms with van der Waals surface area (Å²) in [6.07, 6.45) is 0. The Labute approximate surface area is 147 Å². The summed E-state index contributed by atoms with van der Waals surface area (Å²) in [5, 5.41) is 2.56. The van der Waals surface area contributed by atoms with E-state index in [2.05, 4.69) is 32.1 Å². The van der Waals surface area contributed by atoms with Gasteiger partial charge in [0.1, 0.15) is 6.04 Å². The van der Waals surface area contributed by atoms with E-state index in [0.717, 1.165) is 4.47 Å². The van der Waals surface area contributed by atoms with E-state index >= 15 is 0 Å². The van der Waals surface area contributed by atoms with E-state index in [-0.39, 0.29) is 5.91 Å². The average Bonchev–Trinajstić information content (AvgIpc) is 2.60. The lowest BCUT2D eigenvalue weighted by atomic mass is 10.2. The predicted molar refractivity (Wildman–Crippen MR) is 93.1 cm³/mol. The van der Waals surface area contributed by atoms with E-state index in [1.54, 1.807) is 54.6 Å². The molecule has 0 radical (unpaired) electrons. The van der Waals surface area contributed by atoms with Gasteiger partial charge in [-0.05, 0) is 43.3 Å². The van der Waals surface area contributed by atoms with E-state index in [4.69, 9.17) is 0 Å². The van der Waals surface area contributed by atoms with E-state index in [1.165, 1.54) is 6.92 Å². The fraction of sp³-hybridized carbons (Fsp3) is 0.118. The maximum absolute atomic E-state index is 12.0. The number of carbonyl (C=O) groups excluding carboxylic acids is 3. The number of amides is 3. The Morgan fingerprint density at radius 1 is 0.833 bits per heavy atom. The van der Waals surface area contributed by atoms with Crippen molar-refractivity contribution in [3.05, 3.63) is 70.2 Å². The number of hydrogen-bond acceptors (Lipinski definition) is 3. The SMILES string of the molecule is CC(NC(=O)c1ccccc1)C(=O)NNC(=O)c1ccc(Br)cc1. The zero-order valence-electron chi connectivity index (χ0n) is 12.9. The van der Waals surface area contributed by atoms with E-state index in [0.29, 0.717) is 11.1 Å². The normalized spacial score (nSPS) is 11.2. The summed E-state index contributed by atoms with van der Waals surface area (Å²) in [6, 6.07) is 14.4. The third-order valence-corrected chi connectivity index (χ3v) is 3.71. The summed E-state index contributed by atoms with van der Waals surface area (Å²) >= 11 is 3.28. The van der Waals surface area contributed by atoms with Gasteiger partial charge in [-0.15, -0.1) is 0 Å². The van der Waals surface area contributed by atoms with Gasteiger partial charge in [0.25, 0.3) is 17.7 Å². The lowest BCUT2D eigenvalue weighted by Gasteiger charge is -2.14. The molecule has 0 bridgehead atoms. The molecule has 2 rings (SSSR count). The molecule has 1 atom stereocenters. The van der Waals surface area contributed by atoms with Gasteiger partial charge >= 0.3 is 0 Å². The highest BCUT2D eigenvalue weighted by Gasteiger charge is 2.17. The van der Waals surface area contributed by atoms with Crippen molar-refractivity contribution in [2.45, 2.75) is 13.0 Å². The molecule has 0 aromatic heterocycles. The van der Waals surface area contributed by atoms with Crippen LogP contribution in [-0.4, -0.2) is 23.8 Å². The maximum Gasteiger partial charge on any atom is 0.269 e. The first kappa shape index (κ1) is 17.7. The molecule has 2 aromatic carbocycles. The second kappa shape index (κ2) is 8.26. The fourth-order valence-electron chi connectivity index (χ4n) is 1.84. The van der Waals surface area contributed by atoms with Crippen molar-refractivity contribution in [3.8, 4) is 0 Å². The van der Waals surface area contributed by atoms with Crippen LogP contribution in [0.4, 0.5) is 0 Å². The summed E-state index contributed by atoms with van der Waals surface area (Å²) in [5.41, 5.74) is 5.45. The number of halogens is 1. The highest BCUT2D eigenvalue weighted by molar-refractivity contribution is 9.10. The van der Waals surface area contributed by atoms with Crippen molar-refractivity contribution in [3.63, 3.8) is 0 Å². The van der Waals surface area contributed by atoms with Crippen LogP contribution >= 0.6 is 15.9 Å². The number of hydrogen-bond donors (Lipinski definition) is 3. The van der Waals surface area contributed by atoms with Crippen LogP contribution in [0.2, 0.25) is 0 Å². The van der Waals surface area contributed by atoms with Gasteiger partial charge in [-0.1, -0.05) is 34.1 Å². The molecule has 0 saturated carbocycles. The average molecular weight is 390 g/mol. The molecular formula is C17H16BrN3O3. The van der Waals surface area contributed by atoms with Crippen molar-refractivity contribution < 1.29 is 14.4 Å². The van der Waals surface area contributed by atoms with Crippen molar-refractivity contribution in [1.29, 1.82) is 0 Å². The van der Waals surface area contributed by atoms with Gasteiger partial charge < -0.3 is 5.32 Å². The second-order valence-electron chi connectivity index (χ2n) is 5.01. The van der Waals surface area contributed by atoms with E-state index in [9.17, 15) is 14.4 Å². The summed E-state index contributed by atoms with van der Waals surface area (Å²) < 4.78 is 0.848. The van der Waals surface area contributed by atoms with Gasteiger partial charge in [-0.3, -0.25) is 25.2 Å². The molecule has 0 fully saturated rings. The molecule has 0 aliphatic rings. The summed E-state index contributed by atoms with van der Waals surface area (Å²) in [5.74, 6) is -1.33. The van der Waals surface area contributed by atoms with E-state index in [1.807, 2.05) is 0 Å². The summed E-state index contributed by atoms with van der Waals surface area (Å²) in [7, 11) is 0. The van der Waals surface area contributed by atoms with Crippen molar-refractivity contribution >= 4 is 33.7 Å². The Kier molecular flexibility index (Phi) is 6.08. The topological polar surface area (TPSA) is 87.3 Å². The first-order valence-electron chi connectivity index (χ1n) is 7.19. The minimum Gasteiger partial charge on any atom is -0.340 e. The number of hydrazine groups is 1. The Bertz CT molecular complexity index is 733. The van der Waals surface area contributed by atoms with Crippen molar-refractivity contribution in [2.75, 3.05) is 0 Å². The van der Waals surface area contributed by atoms with Crippen molar-refractivity contribution in [2.24, 2.45) is 0 Å². The highest BCUT2D eigenvalue weighted by atomic mass is 79.9. The van der Waals surface area contributed by atoms with Gasteiger partial charge in [0.2, 0.25) is 0 Å². The molecule has 3 amide bonds. The Balaban J connectivity index is 1.84. The van der Waals surface area contributed by atoms with Crippen LogP contribution in [0.5, 0.6) is 0 Å². The number of nitrogens with one attached hydrogen (secondary N) is 3. The smallest absolute Gasteiger partial charge is 0.269 e. The monoisotopic (exact) mass is 389 g/mol. The van der Waals surface area contributed by atoms with Gasteiger partial charge in [-0.25, -0.2) is 0 Å². The second-order valence-corrected chi connectivity index (χ2v) is 5.93. The molecule has 0 spiro atoms. The number of carbonyl (C=O) groups is 3. The minimum atomic E-state index is -0.803. The van der Waals surface area contributed by atoms with Gasteiger partial charge in [0.15, 0.2) is 0 Å². The quantitative estimate of drug-likeness (QED) is 0.699. The lowest BCUT2D eigenvalue weighted by Crippen LogP contribution is -2.51. The van der Waals surface area contributed by atoms with Gasteiger partial charge in [0.05, 0.1) is 0 Å². The zero-order valence-corrected chi connectivity index (χ0v) is 14.5. The molecule has 124 valence electrons. The minimum absolute atomic E-state index is 0.363. The van der Waals surface area contributed by atoms with Crippen LogP contribution < -0.4 is 16.2 Å². The predicted octanol–water partition coefficient (Wildman–Crippen LogP) is 2.03. The summed E-state index contributed by atoms with van der Waals surface area (Å²) in [4.78, 5) is 35.8. The largest absolute Gasteiger partial charge is 0.340 e. The standard InChI is InChI=1S/C17H16BrN3O3/c1-11(19-16(23)12-5-3-2-4-6-12)15(22)20-21-17(24)13-7-9-14(18)10-8-13/h2-11H,1H3,(H,19,23)(H,20,22)(H,21,24). The van der Waals surface area contributed by atoms with Gasteiger partial charge in [-0.2, -0.15) is 0 Å². The Morgan fingerprint density at radius 2 is 1.42 bits per heavy atom. The highest BCUT2D eigenvalue weighted by Crippen LogP contribution is 2.10. The molecule has 0 heterocycles. The third-order valence-electron chi connectivity index (χ3n) is 3.18. The van der Waals surface area contributed by atoms with Crippen LogP contribution in [0.1, 0.15) is 27.6 Å². The van der Waals surface area contributed by atoms with Crippen LogP contribution in [0.25, 0.3) is 0 Å². The molecule has 0 aliphatic carbocycles. The first-order chi connectivity index (χ1) is 11.5. The number of rotatable bonds is 4. The maximum atomic E-state index is 12.0. The molecule has 3 N–H and O–H groups in total. The molecule has 0 aliphatic heterocycles. The van der Waals surface area contributed by atoms with Crippen LogP contribution in [0, 0.1) is 0 Å². The van der Waals surface area contributed by atoms with Gasteiger partial charge in [0, 0.05) is 15.6 Å². The molecule has 2 aromatic rings. The summed E-state index contributed by atoms with van der Waals surface area (Å²) in [6.45, 7) is 1.53. The molecule has 6 nitrogen and oxygen atoms in total. The Morgan fingerprint density at radius 3 is 2.04 bits per heavy atom.